The van der Waals surface area contributed by atoms with E-state index in [1.807, 2.05) is 0 Å². The van der Waals surface area contributed by atoms with Gasteiger partial charge in [-0.1, -0.05) is 6.92 Å². The van der Waals surface area contributed by atoms with E-state index in [1.165, 1.54) is 12.1 Å². The highest BCUT2D eigenvalue weighted by atomic mass is 32.2. The molecule has 0 bridgehead atoms. The molecular weight excluding hydrogens is 276 g/mol. The Morgan fingerprint density at radius 1 is 1.25 bits per heavy atom. The van der Waals surface area contributed by atoms with Crippen molar-refractivity contribution in [2.45, 2.75) is 18.7 Å². The minimum Gasteiger partial charge on any atom is -0.322 e. The summed E-state index contributed by atoms with van der Waals surface area (Å²) in [6.07, 6.45) is 0. The van der Waals surface area contributed by atoms with Crippen molar-refractivity contribution in [2.24, 2.45) is 0 Å². The third-order valence-electron chi connectivity index (χ3n) is 3.40. The van der Waals surface area contributed by atoms with Crippen molar-refractivity contribution < 1.29 is 13.2 Å². The van der Waals surface area contributed by atoms with E-state index in [0.29, 0.717) is 11.3 Å². The standard InChI is InChI=1S/C14H18N2O3S/c1-3-20(18,19)13-6-4-12(5-7-13)16-14(17)10(2)11-8-15-9-11/h4-7,15H,3,8-9H2,1-2H3,(H,16,17). The molecule has 6 heteroatoms. The summed E-state index contributed by atoms with van der Waals surface area (Å²) in [5.74, 6) is -0.0794. The quantitative estimate of drug-likeness (QED) is 0.822. The molecule has 0 spiro atoms. The minimum absolute atomic E-state index is 0.0664. The predicted molar refractivity (Wildman–Crippen MR) is 78.4 cm³/mol. The van der Waals surface area contributed by atoms with Gasteiger partial charge in [0.25, 0.3) is 5.91 Å². The van der Waals surface area contributed by atoms with Gasteiger partial charge < -0.3 is 10.6 Å². The Labute approximate surface area is 119 Å². The first-order valence-corrected chi connectivity index (χ1v) is 8.13. The van der Waals surface area contributed by atoms with Crippen LogP contribution >= 0.6 is 0 Å². The molecule has 1 aliphatic rings. The van der Waals surface area contributed by atoms with E-state index in [0.717, 1.165) is 18.7 Å². The topological polar surface area (TPSA) is 75.3 Å². The summed E-state index contributed by atoms with van der Waals surface area (Å²) in [7, 11) is -3.20. The van der Waals surface area contributed by atoms with Crippen molar-refractivity contribution in [1.82, 2.24) is 5.32 Å². The normalized spacial score (nSPS) is 14.6. The van der Waals surface area contributed by atoms with Crippen LogP contribution in [0.1, 0.15) is 13.8 Å². The third kappa shape index (κ3) is 3.08. The molecule has 1 amide bonds. The van der Waals surface area contributed by atoms with Gasteiger partial charge in [-0.15, -0.1) is 0 Å². The van der Waals surface area contributed by atoms with Crippen LogP contribution in [-0.4, -0.2) is 33.2 Å². The van der Waals surface area contributed by atoms with E-state index < -0.39 is 9.84 Å². The molecule has 1 fully saturated rings. The van der Waals surface area contributed by atoms with Crippen LogP contribution in [-0.2, 0) is 14.6 Å². The van der Waals surface area contributed by atoms with Gasteiger partial charge in [-0.2, -0.15) is 0 Å². The van der Waals surface area contributed by atoms with Gasteiger partial charge in [0.2, 0.25) is 0 Å². The number of hydrogen-bond donors (Lipinski definition) is 2. The Bertz CT molecular complexity index is 640. The lowest BCUT2D eigenvalue weighted by molar-refractivity contribution is -0.112. The fourth-order valence-corrected chi connectivity index (χ4v) is 2.70. The highest BCUT2D eigenvalue weighted by molar-refractivity contribution is 7.91. The van der Waals surface area contributed by atoms with E-state index in [9.17, 15) is 13.2 Å². The SMILES string of the molecule is CCS(=O)(=O)c1ccc(NC(=O)C(C)=C2CNC2)cc1. The van der Waals surface area contributed by atoms with E-state index in [4.69, 9.17) is 0 Å². The van der Waals surface area contributed by atoms with Crippen molar-refractivity contribution >= 4 is 21.4 Å². The van der Waals surface area contributed by atoms with Gasteiger partial charge in [0.15, 0.2) is 9.84 Å². The summed E-state index contributed by atoms with van der Waals surface area (Å²) in [6, 6.07) is 6.25. The number of amides is 1. The van der Waals surface area contributed by atoms with Crippen LogP contribution in [0.2, 0.25) is 0 Å². The molecular formula is C14H18N2O3S. The monoisotopic (exact) mass is 294 g/mol. The lowest BCUT2D eigenvalue weighted by atomic mass is 10.0. The maximum Gasteiger partial charge on any atom is 0.251 e. The Balaban J connectivity index is 2.10. The van der Waals surface area contributed by atoms with Gasteiger partial charge in [-0.05, 0) is 36.8 Å². The van der Waals surface area contributed by atoms with Gasteiger partial charge in [0.1, 0.15) is 0 Å². The number of hydrogen-bond acceptors (Lipinski definition) is 4. The molecule has 0 saturated carbocycles. The van der Waals surface area contributed by atoms with Crippen molar-refractivity contribution in [3.63, 3.8) is 0 Å². The summed E-state index contributed by atoms with van der Waals surface area (Å²) >= 11 is 0. The molecule has 1 saturated heterocycles. The highest BCUT2D eigenvalue weighted by Crippen LogP contribution is 2.17. The molecule has 0 aromatic heterocycles. The smallest absolute Gasteiger partial charge is 0.251 e. The zero-order chi connectivity index (χ0) is 14.8. The molecule has 0 radical (unpaired) electrons. The Morgan fingerprint density at radius 2 is 1.85 bits per heavy atom. The summed E-state index contributed by atoms with van der Waals surface area (Å²) < 4.78 is 23.4. The van der Waals surface area contributed by atoms with Crippen LogP contribution in [0.5, 0.6) is 0 Å². The van der Waals surface area contributed by atoms with Gasteiger partial charge in [-0.25, -0.2) is 8.42 Å². The maximum atomic E-state index is 12.0. The molecule has 2 rings (SSSR count). The van der Waals surface area contributed by atoms with Crippen molar-refractivity contribution in [3.05, 3.63) is 35.4 Å². The average Bonchev–Trinajstić information content (AvgIpc) is 2.37. The van der Waals surface area contributed by atoms with Crippen LogP contribution in [0, 0.1) is 0 Å². The molecule has 1 aliphatic heterocycles. The van der Waals surface area contributed by atoms with Crippen LogP contribution in [0.3, 0.4) is 0 Å². The van der Waals surface area contributed by atoms with Crippen LogP contribution in [0.25, 0.3) is 0 Å². The Morgan fingerprint density at radius 3 is 2.30 bits per heavy atom. The number of carbonyl (C=O) groups excluding carboxylic acids is 1. The average molecular weight is 294 g/mol. The summed E-state index contributed by atoms with van der Waals surface area (Å²) in [4.78, 5) is 12.2. The zero-order valence-corrected chi connectivity index (χ0v) is 12.4. The van der Waals surface area contributed by atoms with E-state index in [-0.39, 0.29) is 16.6 Å². The first kappa shape index (κ1) is 14.7. The molecule has 5 nitrogen and oxygen atoms in total. The van der Waals surface area contributed by atoms with Crippen LogP contribution < -0.4 is 10.6 Å². The second-order valence-corrected chi connectivity index (χ2v) is 6.99. The lowest BCUT2D eigenvalue weighted by Gasteiger charge is -2.21. The largest absolute Gasteiger partial charge is 0.322 e. The highest BCUT2D eigenvalue weighted by Gasteiger charge is 2.16. The second kappa shape index (κ2) is 5.76. The van der Waals surface area contributed by atoms with Gasteiger partial charge >= 0.3 is 0 Å². The van der Waals surface area contributed by atoms with E-state index in [2.05, 4.69) is 10.6 Å². The summed E-state index contributed by atoms with van der Waals surface area (Å²) in [5, 5.41) is 5.85. The molecule has 0 unspecified atom stereocenters. The number of anilines is 1. The molecule has 20 heavy (non-hydrogen) atoms. The predicted octanol–water partition coefficient (Wildman–Crippen LogP) is 1.34. The maximum absolute atomic E-state index is 12.0. The third-order valence-corrected chi connectivity index (χ3v) is 5.15. The second-order valence-electron chi connectivity index (χ2n) is 4.71. The molecule has 1 heterocycles. The van der Waals surface area contributed by atoms with Crippen molar-refractivity contribution in [1.29, 1.82) is 0 Å². The van der Waals surface area contributed by atoms with E-state index >= 15 is 0 Å². The van der Waals surface area contributed by atoms with Crippen molar-refractivity contribution in [3.8, 4) is 0 Å². The molecule has 2 N–H and O–H groups in total. The Kier molecular flexibility index (Phi) is 4.25. The number of carbonyl (C=O) groups is 1. The van der Waals surface area contributed by atoms with Crippen molar-refractivity contribution in [2.75, 3.05) is 24.2 Å². The number of nitrogens with one attached hydrogen (secondary N) is 2. The molecule has 0 atom stereocenters. The van der Waals surface area contributed by atoms with Gasteiger partial charge in [0.05, 0.1) is 10.6 Å². The van der Waals surface area contributed by atoms with E-state index in [1.54, 1.807) is 26.0 Å². The first-order chi connectivity index (χ1) is 9.44. The first-order valence-electron chi connectivity index (χ1n) is 6.47. The summed E-state index contributed by atoms with van der Waals surface area (Å²) in [5.41, 5.74) is 2.42. The number of rotatable bonds is 4. The molecule has 0 aliphatic carbocycles. The minimum atomic E-state index is -3.20. The van der Waals surface area contributed by atoms with Crippen LogP contribution in [0.4, 0.5) is 5.69 Å². The lowest BCUT2D eigenvalue weighted by Crippen LogP contribution is -2.36. The zero-order valence-electron chi connectivity index (χ0n) is 11.6. The number of sulfone groups is 1. The molecule has 1 aromatic carbocycles. The fourth-order valence-electron chi connectivity index (χ4n) is 1.81. The fraction of sp³-hybridized carbons (Fsp3) is 0.357. The Hall–Kier alpha value is -1.66. The van der Waals surface area contributed by atoms with Crippen LogP contribution in [0.15, 0.2) is 40.3 Å². The summed E-state index contributed by atoms with van der Waals surface area (Å²) in [6.45, 7) is 4.91. The van der Waals surface area contributed by atoms with Gasteiger partial charge in [-0.3, -0.25) is 4.79 Å². The molecule has 108 valence electrons. The number of benzene rings is 1. The molecule has 1 aromatic rings. The van der Waals surface area contributed by atoms with Gasteiger partial charge in [0, 0.05) is 24.4 Å².